The first-order valence-electron chi connectivity index (χ1n) is 5.44. The number of carbonyl (C=O) groups is 1. The van der Waals surface area contributed by atoms with Crippen molar-refractivity contribution in [1.29, 1.82) is 0 Å². The number of esters is 1. The van der Waals surface area contributed by atoms with Gasteiger partial charge in [-0.05, 0) is 38.1 Å². The van der Waals surface area contributed by atoms with Crippen LogP contribution in [0.25, 0.3) is 6.08 Å². The third-order valence-electron chi connectivity index (χ3n) is 1.96. The van der Waals surface area contributed by atoms with Gasteiger partial charge in [0, 0.05) is 11.6 Å². The second-order valence-corrected chi connectivity index (χ2v) is 3.20. The molecule has 0 amide bonds. The Kier molecular flexibility index (Phi) is 5.20. The number of rotatable bonds is 5. The largest absolute Gasteiger partial charge is 0.493 e. The third kappa shape index (κ3) is 4.26. The van der Waals surface area contributed by atoms with Crippen LogP contribution in [0.1, 0.15) is 19.4 Å². The van der Waals surface area contributed by atoms with Gasteiger partial charge in [0.25, 0.3) is 0 Å². The molecule has 1 rings (SSSR count). The van der Waals surface area contributed by atoms with Crippen molar-refractivity contribution in [3.63, 3.8) is 0 Å². The van der Waals surface area contributed by atoms with Crippen LogP contribution >= 0.6 is 0 Å². The van der Waals surface area contributed by atoms with Gasteiger partial charge in [0.2, 0.25) is 0 Å². The van der Waals surface area contributed by atoms with E-state index in [9.17, 15) is 9.18 Å². The molecule has 0 aromatic heterocycles. The van der Waals surface area contributed by atoms with Crippen LogP contribution < -0.4 is 4.74 Å². The quantitative estimate of drug-likeness (QED) is 0.584. The molecule has 0 heterocycles. The maximum Gasteiger partial charge on any atom is 0.330 e. The zero-order chi connectivity index (χ0) is 12.7. The standard InChI is InChI=1S/C13H15FO3/c1-3-16-12-7-6-11(14)9-10(12)5-8-13(15)17-4-2/h5-9H,3-4H2,1-2H3. The van der Waals surface area contributed by atoms with Crippen molar-refractivity contribution < 1.29 is 18.7 Å². The van der Waals surface area contributed by atoms with E-state index in [0.29, 0.717) is 24.5 Å². The minimum Gasteiger partial charge on any atom is -0.493 e. The Balaban J connectivity index is 2.87. The second-order valence-electron chi connectivity index (χ2n) is 3.20. The van der Waals surface area contributed by atoms with Crippen molar-refractivity contribution in [2.75, 3.05) is 13.2 Å². The van der Waals surface area contributed by atoms with E-state index in [1.54, 1.807) is 6.92 Å². The SMILES string of the molecule is CCOC(=O)C=Cc1cc(F)ccc1OCC. The summed E-state index contributed by atoms with van der Waals surface area (Å²) in [5.74, 6) is -0.300. The van der Waals surface area contributed by atoms with Gasteiger partial charge in [0.15, 0.2) is 0 Å². The Hall–Kier alpha value is -1.84. The van der Waals surface area contributed by atoms with Gasteiger partial charge < -0.3 is 9.47 Å². The van der Waals surface area contributed by atoms with Crippen molar-refractivity contribution >= 4 is 12.0 Å². The van der Waals surface area contributed by atoms with Crippen LogP contribution in [-0.4, -0.2) is 19.2 Å². The van der Waals surface area contributed by atoms with E-state index in [4.69, 9.17) is 9.47 Å². The molecule has 0 spiro atoms. The molecule has 17 heavy (non-hydrogen) atoms. The van der Waals surface area contributed by atoms with Gasteiger partial charge in [-0.3, -0.25) is 0 Å². The molecule has 0 radical (unpaired) electrons. The predicted molar refractivity (Wildman–Crippen MR) is 63.2 cm³/mol. The second kappa shape index (κ2) is 6.68. The van der Waals surface area contributed by atoms with Gasteiger partial charge in [-0.25, -0.2) is 9.18 Å². The highest BCUT2D eigenvalue weighted by molar-refractivity contribution is 5.87. The lowest BCUT2D eigenvalue weighted by Crippen LogP contribution is -1.99. The van der Waals surface area contributed by atoms with Gasteiger partial charge in [0.1, 0.15) is 11.6 Å². The molecule has 0 saturated heterocycles. The molecule has 0 unspecified atom stereocenters. The Bertz CT molecular complexity index is 413. The summed E-state index contributed by atoms with van der Waals surface area (Å²) < 4.78 is 23.1. The number of benzene rings is 1. The lowest BCUT2D eigenvalue weighted by atomic mass is 10.2. The van der Waals surface area contributed by atoms with Gasteiger partial charge in [-0.2, -0.15) is 0 Å². The molecule has 92 valence electrons. The van der Waals surface area contributed by atoms with E-state index in [2.05, 4.69) is 0 Å². The van der Waals surface area contributed by atoms with Crippen molar-refractivity contribution in [2.24, 2.45) is 0 Å². The molecule has 0 saturated carbocycles. The Morgan fingerprint density at radius 1 is 1.35 bits per heavy atom. The predicted octanol–water partition coefficient (Wildman–Crippen LogP) is 2.80. The number of hydrogen-bond donors (Lipinski definition) is 0. The Labute approximate surface area is 99.9 Å². The van der Waals surface area contributed by atoms with Crippen LogP contribution in [0.2, 0.25) is 0 Å². The molecule has 4 heteroatoms. The van der Waals surface area contributed by atoms with Gasteiger partial charge in [0.05, 0.1) is 13.2 Å². The fraction of sp³-hybridized carbons (Fsp3) is 0.308. The lowest BCUT2D eigenvalue weighted by molar-refractivity contribution is -0.137. The fourth-order valence-electron chi connectivity index (χ4n) is 1.28. The zero-order valence-electron chi connectivity index (χ0n) is 9.90. The third-order valence-corrected chi connectivity index (χ3v) is 1.96. The first-order valence-corrected chi connectivity index (χ1v) is 5.44. The molecule has 3 nitrogen and oxygen atoms in total. The topological polar surface area (TPSA) is 35.5 Å². The summed E-state index contributed by atoms with van der Waals surface area (Å²) >= 11 is 0. The Morgan fingerprint density at radius 3 is 2.76 bits per heavy atom. The van der Waals surface area contributed by atoms with Crippen LogP contribution in [0.4, 0.5) is 4.39 Å². The molecule has 0 N–H and O–H groups in total. The first kappa shape index (κ1) is 13.2. The lowest BCUT2D eigenvalue weighted by Gasteiger charge is -2.06. The molecule has 0 aliphatic heterocycles. The number of ether oxygens (including phenoxy) is 2. The minimum absolute atomic E-state index is 0.310. The highest BCUT2D eigenvalue weighted by Crippen LogP contribution is 2.21. The number of carbonyl (C=O) groups excluding carboxylic acids is 1. The molecule has 0 bridgehead atoms. The molecule has 1 aromatic carbocycles. The average Bonchev–Trinajstić information content (AvgIpc) is 2.30. The van der Waals surface area contributed by atoms with Crippen LogP contribution in [0.3, 0.4) is 0 Å². The van der Waals surface area contributed by atoms with Crippen LogP contribution in [-0.2, 0) is 9.53 Å². The average molecular weight is 238 g/mol. The summed E-state index contributed by atoms with van der Waals surface area (Å²) in [6.45, 7) is 4.35. The fourth-order valence-corrected chi connectivity index (χ4v) is 1.28. The highest BCUT2D eigenvalue weighted by Gasteiger charge is 2.03. The van der Waals surface area contributed by atoms with Gasteiger partial charge >= 0.3 is 5.97 Å². The van der Waals surface area contributed by atoms with E-state index in [0.717, 1.165) is 0 Å². The van der Waals surface area contributed by atoms with Crippen LogP contribution in [0.5, 0.6) is 5.75 Å². The summed E-state index contributed by atoms with van der Waals surface area (Å²) in [5, 5.41) is 0. The van der Waals surface area contributed by atoms with E-state index >= 15 is 0 Å². The summed E-state index contributed by atoms with van der Waals surface area (Å²) in [5.41, 5.74) is 0.514. The van der Waals surface area contributed by atoms with Crippen LogP contribution in [0.15, 0.2) is 24.3 Å². The monoisotopic (exact) mass is 238 g/mol. The molecular weight excluding hydrogens is 223 g/mol. The van der Waals surface area contributed by atoms with Crippen molar-refractivity contribution in [3.05, 3.63) is 35.7 Å². The molecule has 0 fully saturated rings. The molecule has 0 aliphatic carbocycles. The summed E-state index contributed by atoms with van der Waals surface area (Å²) in [4.78, 5) is 11.1. The van der Waals surface area contributed by atoms with Crippen LogP contribution in [0, 0.1) is 5.82 Å². The normalized spacial score (nSPS) is 10.5. The highest BCUT2D eigenvalue weighted by atomic mass is 19.1. The Morgan fingerprint density at radius 2 is 2.12 bits per heavy atom. The summed E-state index contributed by atoms with van der Waals surface area (Å²) in [6.07, 6.45) is 2.73. The molecule has 1 aromatic rings. The maximum absolute atomic E-state index is 13.1. The number of halogens is 1. The first-order chi connectivity index (χ1) is 8.17. The van der Waals surface area contributed by atoms with E-state index in [1.807, 2.05) is 6.92 Å². The molecule has 0 atom stereocenters. The molecule has 0 aliphatic rings. The van der Waals surface area contributed by atoms with Gasteiger partial charge in [-0.15, -0.1) is 0 Å². The molecular formula is C13H15FO3. The van der Waals surface area contributed by atoms with Crippen molar-refractivity contribution in [3.8, 4) is 5.75 Å². The smallest absolute Gasteiger partial charge is 0.330 e. The maximum atomic E-state index is 13.1. The summed E-state index contributed by atoms with van der Waals surface area (Å²) in [6, 6.07) is 4.15. The minimum atomic E-state index is -0.459. The van der Waals surface area contributed by atoms with Crippen molar-refractivity contribution in [2.45, 2.75) is 13.8 Å². The van der Waals surface area contributed by atoms with E-state index < -0.39 is 5.97 Å². The summed E-state index contributed by atoms with van der Waals surface area (Å²) in [7, 11) is 0. The zero-order valence-corrected chi connectivity index (χ0v) is 9.90. The van der Waals surface area contributed by atoms with E-state index in [-0.39, 0.29) is 5.82 Å². The van der Waals surface area contributed by atoms with Crippen molar-refractivity contribution in [1.82, 2.24) is 0 Å². The van der Waals surface area contributed by atoms with E-state index in [1.165, 1.54) is 30.4 Å². The number of hydrogen-bond acceptors (Lipinski definition) is 3. The van der Waals surface area contributed by atoms with Gasteiger partial charge in [-0.1, -0.05) is 0 Å².